The fourth-order valence-corrected chi connectivity index (χ4v) is 3.18. The smallest absolute Gasteiger partial charge is 0.410 e. The Labute approximate surface area is 141 Å². The molecule has 1 atom stereocenters. The van der Waals surface area contributed by atoms with E-state index in [2.05, 4.69) is 17.6 Å². The Balaban J connectivity index is 1.81. The first-order chi connectivity index (χ1) is 10.3. The maximum absolute atomic E-state index is 12.2. The molecule has 0 bridgehead atoms. The van der Waals surface area contributed by atoms with Gasteiger partial charge < -0.3 is 15.0 Å². The second kappa shape index (κ2) is 7.20. The van der Waals surface area contributed by atoms with Crippen LogP contribution >= 0.6 is 22.9 Å². The van der Waals surface area contributed by atoms with Gasteiger partial charge in [0.25, 0.3) is 0 Å². The predicted octanol–water partition coefficient (Wildman–Crippen LogP) is 4.45. The van der Waals surface area contributed by atoms with Gasteiger partial charge in [0.2, 0.25) is 0 Å². The minimum Gasteiger partial charge on any atom is -0.444 e. The molecular weight excluding hydrogens is 320 g/mol. The van der Waals surface area contributed by atoms with E-state index in [0.717, 1.165) is 23.7 Å². The first kappa shape index (κ1) is 17.6. The number of hydrogen-bond acceptors (Lipinski definition) is 4. The van der Waals surface area contributed by atoms with E-state index >= 15 is 0 Å². The maximum Gasteiger partial charge on any atom is 0.410 e. The largest absolute Gasteiger partial charge is 0.444 e. The third-order valence-electron chi connectivity index (χ3n) is 3.51. The summed E-state index contributed by atoms with van der Waals surface area (Å²) in [5.41, 5.74) is 0.739. The first-order valence-electron chi connectivity index (χ1n) is 7.73. The summed E-state index contributed by atoms with van der Waals surface area (Å²) in [6.07, 6.45) is 1.95. The van der Waals surface area contributed by atoms with Crippen LogP contribution in [-0.4, -0.2) is 35.7 Å². The van der Waals surface area contributed by atoms with E-state index in [9.17, 15) is 4.79 Å². The minimum atomic E-state index is -0.446. The lowest BCUT2D eigenvalue weighted by molar-refractivity contribution is 0.0235. The number of thiophene rings is 1. The van der Waals surface area contributed by atoms with Crippen molar-refractivity contribution in [3.63, 3.8) is 0 Å². The lowest BCUT2D eigenvalue weighted by atomic mass is 10.2. The number of carbonyl (C=O) groups is 1. The quantitative estimate of drug-likeness (QED) is 0.828. The van der Waals surface area contributed by atoms with Gasteiger partial charge in [-0.2, -0.15) is 0 Å². The van der Waals surface area contributed by atoms with Gasteiger partial charge in [0, 0.05) is 25.2 Å². The van der Waals surface area contributed by atoms with Crippen molar-refractivity contribution in [3.05, 3.63) is 21.3 Å². The Kier molecular flexibility index (Phi) is 5.75. The molecule has 1 aliphatic carbocycles. The zero-order chi connectivity index (χ0) is 16.3. The van der Waals surface area contributed by atoms with Crippen LogP contribution in [0.5, 0.6) is 0 Å². The van der Waals surface area contributed by atoms with Crippen LogP contribution < -0.4 is 5.32 Å². The van der Waals surface area contributed by atoms with E-state index in [0.29, 0.717) is 12.6 Å². The summed E-state index contributed by atoms with van der Waals surface area (Å²) in [5.74, 6) is 0. The standard InChI is InChI=1S/C16H25ClN2O2S/c1-11(12-9-14(17)22-10-12)18-7-8-19(13-5-6-13)15(20)21-16(2,3)4/h9-11,13,18H,5-8H2,1-4H3. The number of nitrogens with one attached hydrogen (secondary N) is 1. The molecule has 22 heavy (non-hydrogen) atoms. The predicted molar refractivity (Wildman–Crippen MR) is 91.7 cm³/mol. The van der Waals surface area contributed by atoms with Crippen molar-refractivity contribution in [1.82, 2.24) is 10.2 Å². The Bertz CT molecular complexity index is 508. The number of carbonyl (C=O) groups excluding carboxylic acids is 1. The minimum absolute atomic E-state index is 0.206. The molecule has 1 N–H and O–H groups in total. The second-order valence-corrected chi connectivity index (χ2v) is 8.31. The average Bonchev–Trinajstić information content (AvgIpc) is 3.13. The van der Waals surface area contributed by atoms with E-state index in [1.165, 1.54) is 16.9 Å². The summed E-state index contributed by atoms with van der Waals surface area (Å²) in [4.78, 5) is 14.1. The van der Waals surface area contributed by atoms with E-state index in [4.69, 9.17) is 16.3 Å². The highest BCUT2D eigenvalue weighted by atomic mass is 35.5. The zero-order valence-corrected chi connectivity index (χ0v) is 15.3. The second-order valence-electron chi connectivity index (χ2n) is 6.76. The van der Waals surface area contributed by atoms with Crippen molar-refractivity contribution in [3.8, 4) is 0 Å². The Morgan fingerprint density at radius 2 is 2.23 bits per heavy atom. The SMILES string of the molecule is CC(NCCN(C(=O)OC(C)(C)C)C1CC1)c1csc(Cl)c1. The number of amides is 1. The van der Waals surface area contributed by atoms with Crippen LogP contribution in [0.4, 0.5) is 4.79 Å². The van der Waals surface area contributed by atoms with Gasteiger partial charge in [-0.3, -0.25) is 0 Å². The topological polar surface area (TPSA) is 41.6 Å². The molecule has 124 valence electrons. The fraction of sp³-hybridized carbons (Fsp3) is 0.688. The maximum atomic E-state index is 12.2. The Morgan fingerprint density at radius 3 is 2.73 bits per heavy atom. The van der Waals surface area contributed by atoms with Gasteiger partial charge in [-0.05, 0) is 57.5 Å². The first-order valence-corrected chi connectivity index (χ1v) is 8.99. The van der Waals surface area contributed by atoms with Gasteiger partial charge in [-0.1, -0.05) is 11.6 Å². The molecule has 1 aliphatic rings. The Hall–Kier alpha value is -0.780. The van der Waals surface area contributed by atoms with Crippen molar-refractivity contribution in [2.24, 2.45) is 0 Å². The third kappa shape index (κ3) is 5.45. The van der Waals surface area contributed by atoms with Crippen molar-refractivity contribution in [2.45, 2.75) is 58.2 Å². The summed E-state index contributed by atoms with van der Waals surface area (Å²) in [5, 5.41) is 5.50. The third-order valence-corrected chi connectivity index (χ3v) is 4.62. The molecule has 6 heteroatoms. The number of hydrogen-bond donors (Lipinski definition) is 1. The van der Waals surface area contributed by atoms with Crippen LogP contribution in [-0.2, 0) is 4.74 Å². The molecule has 1 amide bonds. The molecule has 0 spiro atoms. The van der Waals surface area contributed by atoms with E-state index in [1.807, 2.05) is 31.7 Å². The molecule has 1 saturated carbocycles. The van der Waals surface area contributed by atoms with Gasteiger partial charge in [0.05, 0.1) is 4.34 Å². The van der Waals surface area contributed by atoms with Crippen LogP contribution in [0.3, 0.4) is 0 Å². The lowest BCUT2D eigenvalue weighted by Crippen LogP contribution is -2.42. The molecule has 1 aromatic rings. The number of rotatable bonds is 6. The van der Waals surface area contributed by atoms with Gasteiger partial charge in [0.15, 0.2) is 0 Å². The number of halogens is 1. The summed E-state index contributed by atoms with van der Waals surface area (Å²) in [7, 11) is 0. The van der Waals surface area contributed by atoms with Gasteiger partial charge in [0.1, 0.15) is 5.60 Å². The summed E-state index contributed by atoms with van der Waals surface area (Å²) in [6.45, 7) is 9.21. The van der Waals surface area contributed by atoms with E-state index in [-0.39, 0.29) is 12.1 Å². The number of ether oxygens (including phenoxy) is 1. The average molecular weight is 345 g/mol. The van der Waals surface area contributed by atoms with Gasteiger partial charge >= 0.3 is 6.09 Å². The van der Waals surface area contributed by atoms with E-state index < -0.39 is 5.60 Å². The van der Waals surface area contributed by atoms with Crippen molar-refractivity contribution >= 4 is 29.0 Å². The van der Waals surface area contributed by atoms with Crippen molar-refractivity contribution < 1.29 is 9.53 Å². The highest BCUT2D eigenvalue weighted by Gasteiger charge is 2.34. The number of nitrogens with zero attached hydrogens (tertiary/aromatic N) is 1. The fourth-order valence-electron chi connectivity index (χ4n) is 2.20. The normalized spacial score (nSPS) is 16.4. The molecular formula is C16H25ClN2O2S. The monoisotopic (exact) mass is 344 g/mol. The summed E-state index contributed by atoms with van der Waals surface area (Å²) >= 11 is 7.50. The van der Waals surface area contributed by atoms with E-state index in [1.54, 1.807) is 0 Å². The van der Waals surface area contributed by atoms with Gasteiger partial charge in [-0.15, -0.1) is 11.3 Å². The van der Waals surface area contributed by atoms with Crippen molar-refractivity contribution in [1.29, 1.82) is 0 Å². The van der Waals surface area contributed by atoms with Crippen molar-refractivity contribution in [2.75, 3.05) is 13.1 Å². The van der Waals surface area contributed by atoms with Crippen LogP contribution in [0.15, 0.2) is 11.4 Å². The molecule has 0 saturated heterocycles. The molecule has 2 rings (SSSR count). The molecule has 0 radical (unpaired) electrons. The Morgan fingerprint density at radius 1 is 1.55 bits per heavy atom. The molecule has 1 aromatic heterocycles. The molecule has 1 heterocycles. The van der Waals surface area contributed by atoms with Crippen LogP contribution in [0.1, 0.15) is 52.1 Å². The summed E-state index contributed by atoms with van der Waals surface area (Å²) < 4.78 is 6.29. The highest BCUT2D eigenvalue weighted by Crippen LogP contribution is 2.28. The summed E-state index contributed by atoms with van der Waals surface area (Å²) in [6, 6.07) is 2.56. The van der Waals surface area contributed by atoms with Crippen LogP contribution in [0, 0.1) is 0 Å². The molecule has 4 nitrogen and oxygen atoms in total. The van der Waals surface area contributed by atoms with Gasteiger partial charge in [-0.25, -0.2) is 4.79 Å². The highest BCUT2D eigenvalue weighted by molar-refractivity contribution is 7.14. The molecule has 0 aliphatic heterocycles. The molecule has 1 fully saturated rings. The zero-order valence-electron chi connectivity index (χ0n) is 13.7. The molecule has 1 unspecified atom stereocenters. The lowest BCUT2D eigenvalue weighted by Gasteiger charge is -2.28. The van der Waals surface area contributed by atoms with Crippen LogP contribution in [0.2, 0.25) is 4.34 Å². The molecule has 0 aromatic carbocycles. The van der Waals surface area contributed by atoms with Crippen LogP contribution in [0.25, 0.3) is 0 Å².